The molecule has 0 bridgehead atoms. The fraction of sp³-hybridized carbons (Fsp3) is 0.222. The summed E-state index contributed by atoms with van der Waals surface area (Å²) in [6.07, 6.45) is 2.80. The van der Waals surface area contributed by atoms with Crippen molar-refractivity contribution in [1.29, 1.82) is 0 Å². The van der Waals surface area contributed by atoms with Crippen LogP contribution in [0.3, 0.4) is 0 Å². The lowest BCUT2D eigenvalue weighted by Gasteiger charge is -2.31. The quantitative estimate of drug-likeness (QED) is 0.570. The van der Waals surface area contributed by atoms with E-state index >= 15 is 0 Å². The van der Waals surface area contributed by atoms with E-state index in [-0.39, 0.29) is 11.4 Å². The number of nitro groups is 2. The average molecular weight is 371 g/mol. The number of rotatable bonds is 5. The number of nitrogens with zero attached hydrogens (tertiary/aromatic N) is 3. The van der Waals surface area contributed by atoms with Crippen molar-refractivity contribution in [2.45, 2.75) is 13.0 Å². The maximum atomic E-state index is 11.3. The second-order valence-corrected chi connectivity index (χ2v) is 6.96. The molecule has 0 atom stereocenters. The molecule has 2 aromatic carbocycles. The molecule has 1 aliphatic rings. The molecule has 0 aliphatic carbocycles. The molecular weight excluding hydrogens is 354 g/mol. The molecule has 0 N–H and O–H groups in total. The molecule has 1 heterocycles. The van der Waals surface area contributed by atoms with Gasteiger partial charge in [-0.15, -0.1) is 11.8 Å². The number of hydrogen-bond acceptors (Lipinski definition) is 6. The monoisotopic (exact) mass is 371 g/mol. The van der Waals surface area contributed by atoms with Gasteiger partial charge in [-0.25, -0.2) is 0 Å². The van der Waals surface area contributed by atoms with Crippen LogP contribution in [0.1, 0.15) is 17.5 Å². The molecule has 1 aliphatic heterocycles. The molecule has 1 saturated heterocycles. The van der Waals surface area contributed by atoms with Crippen LogP contribution in [0.25, 0.3) is 6.08 Å². The zero-order valence-electron chi connectivity index (χ0n) is 13.9. The first kappa shape index (κ1) is 17.9. The summed E-state index contributed by atoms with van der Waals surface area (Å²) in [5.41, 5.74) is 1.01. The predicted octanol–water partition coefficient (Wildman–Crippen LogP) is 4.44. The molecule has 0 aromatic heterocycles. The summed E-state index contributed by atoms with van der Waals surface area (Å²) < 4.78 is 0. The van der Waals surface area contributed by atoms with Gasteiger partial charge < -0.3 is 4.90 Å². The van der Waals surface area contributed by atoms with Gasteiger partial charge in [0.2, 0.25) is 0 Å². The second kappa shape index (κ2) is 8.01. The van der Waals surface area contributed by atoms with Crippen molar-refractivity contribution in [1.82, 2.24) is 4.90 Å². The highest BCUT2D eigenvalue weighted by Crippen LogP contribution is 2.33. The minimum atomic E-state index is -0.624. The summed E-state index contributed by atoms with van der Waals surface area (Å²) in [5, 5.41) is 23.2. The van der Waals surface area contributed by atoms with E-state index in [1.165, 1.54) is 17.7 Å². The van der Waals surface area contributed by atoms with Crippen LogP contribution in [0, 0.1) is 20.2 Å². The van der Waals surface area contributed by atoms with E-state index in [9.17, 15) is 20.2 Å². The lowest BCUT2D eigenvalue weighted by atomic mass is 10.1. The highest BCUT2D eigenvalue weighted by atomic mass is 32.2. The van der Waals surface area contributed by atoms with E-state index in [0.29, 0.717) is 5.56 Å². The summed E-state index contributed by atoms with van der Waals surface area (Å²) in [4.78, 5) is 23.2. The summed E-state index contributed by atoms with van der Waals surface area (Å²) in [6.45, 7) is 1.59. The van der Waals surface area contributed by atoms with Crippen molar-refractivity contribution < 1.29 is 9.85 Å². The summed E-state index contributed by atoms with van der Waals surface area (Å²) >= 11 is 1.65. The number of hydrogen-bond donors (Lipinski definition) is 0. The molecule has 0 unspecified atom stereocenters. The Bertz CT molecular complexity index is 855. The Kier molecular flexibility index (Phi) is 5.52. The van der Waals surface area contributed by atoms with Crippen molar-refractivity contribution in [3.05, 3.63) is 84.9 Å². The SMILES string of the molecule is O=[N+]([O-])c1ccc(/C=C2\SCCCN2Cc2ccccc2)c([N+](=O)[O-])c1. The summed E-state index contributed by atoms with van der Waals surface area (Å²) in [7, 11) is 0. The van der Waals surface area contributed by atoms with E-state index in [2.05, 4.69) is 4.90 Å². The van der Waals surface area contributed by atoms with Gasteiger partial charge in [-0.05, 0) is 24.1 Å². The van der Waals surface area contributed by atoms with E-state index < -0.39 is 9.85 Å². The summed E-state index contributed by atoms with van der Waals surface area (Å²) in [6, 6.07) is 13.8. The third-order valence-corrected chi connectivity index (χ3v) is 5.22. The molecule has 0 radical (unpaired) electrons. The Balaban J connectivity index is 1.93. The maximum Gasteiger partial charge on any atom is 0.283 e. The van der Waals surface area contributed by atoms with Crippen molar-refractivity contribution in [2.24, 2.45) is 0 Å². The van der Waals surface area contributed by atoms with Crippen LogP contribution in [0.2, 0.25) is 0 Å². The maximum absolute atomic E-state index is 11.3. The first-order valence-corrected chi connectivity index (χ1v) is 9.09. The molecule has 0 saturated carbocycles. The highest BCUT2D eigenvalue weighted by molar-refractivity contribution is 8.03. The van der Waals surface area contributed by atoms with Gasteiger partial charge in [-0.2, -0.15) is 0 Å². The molecule has 3 rings (SSSR count). The van der Waals surface area contributed by atoms with Gasteiger partial charge in [0, 0.05) is 24.9 Å². The standard InChI is InChI=1S/C18H17N3O4S/c22-20(23)16-8-7-15(17(12-16)21(24)25)11-18-19(9-4-10-26-18)13-14-5-2-1-3-6-14/h1-3,5-8,11-12H,4,9-10,13H2/b18-11-. The van der Waals surface area contributed by atoms with E-state index in [1.807, 2.05) is 30.3 Å². The molecule has 2 aromatic rings. The van der Waals surface area contributed by atoms with Crippen LogP contribution in [0.15, 0.2) is 53.6 Å². The lowest BCUT2D eigenvalue weighted by Crippen LogP contribution is -2.26. The first-order valence-electron chi connectivity index (χ1n) is 8.11. The largest absolute Gasteiger partial charge is 0.362 e. The van der Waals surface area contributed by atoms with Crippen LogP contribution in [0.4, 0.5) is 11.4 Å². The van der Waals surface area contributed by atoms with Gasteiger partial charge >= 0.3 is 0 Å². The zero-order valence-corrected chi connectivity index (χ0v) is 14.7. The first-order chi connectivity index (χ1) is 12.5. The Morgan fingerprint density at radius 2 is 1.85 bits per heavy atom. The van der Waals surface area contributed by atoms with E-state index in [1.54, 1.807) is 17.8 Å². The van der Waals surface area contributed by atoms with Gasteiger partial charge in [0.15, 0.2) is 0 Å². The third-order valence-electron chi connectivity index (χ3n) is 4.05. The minimum Gasteiger partial charge on any atom is -0.362 e. The molecule has 7 nitrogen and oxygen atoms in total. The van der Waals surface area contributed by atoms with Crippen molar-refractivity contribution in [2.75, 3.05) is 12.3 Å². The normalized spacial score (nSPS) is 15.8. The van der Waals surface area contributed by atoms with Crippen LogP contribution < -0.4 is 0 Å². The van der Waals surface area contributed by atoms with Gasteiger partial charge in [-0.1, -0.05) is 30.3 Å². The molecule has 134 valence electrons. The Hall–Kier alpha value is -2.87. The molecule has 0 amide bonds. The fourth-order valence-electron chi connectivity index (χ4n) is 2.79. The van der Waals surface area contributed by atoms with Crippen molar-refractivity contribution in [3.63, 3.8) is 0 Å². The van der Waals surface area contributed by atoms with Crippen LogP contribution in [-0.4, -0.2) is 27.0 Å². The van der Waals surface area contributed by atoms with Crippen LogP contribution in [0.5, 0.6) is 0 Å². The zero-order chi connectivity index (χ0) is 18.5. The number of nitro benzene ring substituents is 2. The third kappa shape index (κ3) is 4.20. The smallest absolute Gasteiger partial charge is 0.283 e. The Morgan fingerprint density at radius 3 is 2.54 bits per heavy atom. The molecule has 0 spiro atoms. The second-order valence-electron chi connectivity index (χ2n) is 5.85. The summed E-state index contributed by atoms with van der Waals surface area (Å²) in [5.74, 6) is 0.942. The number of thioether (sulfide) groups is 1. The predicted molar refractivity (Wildman–Crippen MR) is 102 cm³/mol. The number of non-ortho nitro benzene ring substituents is 1. The van der Waals surface area contributed by atoms with Gasteiger partial charge in [-0.3, -0.25) is 20.2 Å². The molecule has 8 heteroatoms. The lowest BCUT2D eigenvalue weighted by molar-refractivity contribution is -0.394. The van der Waals surface area contributed by atoms with Gasteiger partial charge in [0.05, 0.1) is 26.5 Å². The van der Waals surface area contributed by atoms with Gasteiger partial charge in [0.1, 0.15) is 0 Å². The molecular formula is C18H17N3O4S. The van der Waals surface area contributed by atoms with Crippen molar-refractivity contribution in [3.8, 4) is 0 Å². The van der Waals surface area contributed by atoms with Gasteiger partial charge in [0.25, 0.3) is 11.4 Å². The van der Waals surface area contributed by atoms with Crippen molar-refractivity contribution >= 4 is 29.2 Å². The number of benzene rings is 2. The topological polar surface area (TPSA) is 89.5 Å². The van der Waals surface area contributed by atoms with Crippen LogP contribution >= 0.6 is 11.8 Å². The minimum absolute atomic E-state index is 0.252. The molecule has 26 heavy (non-hydrogen) atoms. The average Bonchev–Trinajstić information content (AvgIpc) is 2.64. The fourth-order valence-corrected chi connectivity index (χ4v) is 3.82. The molecule has 1 fully saturated rings. The van der Waals surface area contributed by atoms with Crippen LogP contribution in [-0.2, 0) is 6.54 Å². The Morgan fingerprint density at radius 1 is 1.08 bits per heavy atom. The highest BCUT2D eigenvalue weighted by Gasteiger charge is 2.21. The van der Waals surface area contributed by atoms with E-state index in [0.717, 1.165) is 36.4 Å². The Labute approximate surface area is 154 Å². The van der Waals surface area contributed by atoms with E-state index in [4.69, 9.17) is 0 Å².